The minimum atomic E-state index is -1.96. The Bertz CT molecular complexity index is 560. The Labute approximate surface area is 119 Å². The van der Waals surface area contributed by atoms with Gasteiger partial charge in [-0.1, -0.05) is 11.8 Å². The first-order valence-electron chi connectivity index (χ1n) is 6.36. The van der Waals surface area contributed by atoms with Gasteiger partial charge in [-0.05, 0) is 19.3 Å². The van der Waals surface area contributed by atoms with Crippen molar-refractivity contribution in [3.05, 3.63) is 28.8 Å². The van der Waals surface area contributed by atoms with Gasteiger partial charge in [0.05, 0.1) is 11.3 Å². The van der Waals surface area contributed by atoms with Gasteiger partial charge in [0, 0.05) is 6.61 Å². The van der Waals surface area contributed by atoms with Gasteiger partial charge >= 0.3 is 0 Å². The van der Waals surface area contributed by atoms with Crippen molar-refractivity contribution in [1.82, 2.24) is 0 Å². The molecular formula is C14H13F4NO2. The van der Waals surface area contributed by atoms with E-state index in [2.05, 4.69) is 11.8 Å². The Hall–Kier alpha value is -1.78. The highest BCUT2D eigenvalue weighted by Gasteiger charge is 2.22. The quantitative estimate of drug-likeness (QED) is 0.300. The molecule has 2 N–H and O–H groups in total. The van der Waals surface area contributed by atoms with E-state index in [1.54, 1.807) is 0 Å². The van der Waals surface area contributed by atoms with E-state index in [-0.39, 0.29) is 6.61 Å². The Kier molecular flexibility index (Phi) is 5.04. The number of rotatable bonds is 2. The summed E-state index contributed by atoms with van der Waals surface area (Å²) >= 11 is 0. The molecule has 0 aromatic heterocycles. The van der Waals surface area contributed by atoms with Crippen LogP contribution in [0.3, 0.4) is 0 Å². The number of hydrogen-bond acceptors (Lipinski definition) is 3. The smallest absolute Gasteiger partial charge is 0.199 e. The number of nitrogens with two attached hydrogens (primary N) is 1. The summed E-state index contributed by atoms with van der Waals surface area (Å²) in [5, 5.41) is 0. The van der Waals surface area contributed by atoms with E-state index < -0.39 is 40.8 Å². The highest BCUT2D eigenvalue weighted by Crippen LogP contribution is 2.25. The monoisotopic (exact) mass is 303 g/mol. The Balaban J connectivity index is 2.08. The maximum Gasteiger partial charge on any atom is 0.199 e. The van der Waals surface area contributed by atoms with Crippen LogP contribution in [-0.4, -0.2) is 19.5 Å². The maximum absolute atomic E-state index is 13.5. The van der Waals surface area contributed by atoms with Crippen LogP contribution in [0.15, 0.2) is 0 Å². The molecule has 1 aromatic carbocycles. The van der Waals surface area contributed by atoms with Crippen LogP contribution in [0.25, 0.3) is 0 Å². The molecule has 1 aliphatic heterocycles. The molecule has 1 saturated heterocycles. The molecule has 2 rings (SSSR count). The van der Waals surface area contributed by atoms with E-state index in [4.69, 9.17) is 15.2 Å². The van der Waals surface area contributed by atoms with Gasteiger partial charge in [0.1, 0.15) is 6.61 Å². The summed E-state index contributed by atoms with van der Waals surface area (Å²) in [6, 6.07) is 0. The zero-order valence-corrected chi connectivity index (χ0v) is 11.0. The molecule has 0 radical (unpaired) electrons. The summed E-state index contributed by atoms with van der Waals surface area (Å²) in [4.78, 5) is 0. The van der Waals surface area contributed by atoms with E-state index in [0.29, 0.717) is 6.61 Å². The average Bonchev–Trinajstić information content (AvgIpc) is 2.51. The van der Waals surface area contributed by atoms with Gasteiger partial charge in [0.2, 0.25) is 0 Å². The van der Waals surface area contributed by atoms with Crippen LogP contribution in [0.2, 0.25) is 0 Å². The van der Waals surface area contributed by atoms with Crippen LogP contribution in [0.1, 0.15) is 24.8 Å². The molecule has 114 valence electrons. The largest absolute Gasteiger partial charge is 0.395 e. The Morgan fingerprint density at radius 1 is 1.10 bits per heavy atom. The van der Waals surface area contributed by atoms with E-state index in [0.717, 1.165) is 19.3 Å². The van der Waals surface area contributed by atoms with E-state index in [1.807, 2.05) is 0 Å². The van der Waals surface area contributed by atoms with E-state index in [9.17, 15) is 17.6 Å². The van der Waals surface area contributed by atoms with Crippen LogP contribution in [0.4, 0.5) is 23.2 Å². The number of benzene rings is 1. The van der Waals surface area contributed by atoms with Crippen LogP contribution in [0.5, 0.6) is 0 Å². The third kappa shape index (κ3) is 3.46. The van der Waals surface area contributed by atoms with Crippen molar-refractivity contribution in [2.45, 2.75) is 25.6 Å². The fourth-order valence-corrected chi connectivity index (χ4v) is 1.87. The van der Waals surface area contributed by atoms with Crippen molar-refractivity contribution in [2.75, 3.05) is 18.9 Å². The number of nitrogen functional groups attached to an aromatic ring is 1. The predicted molar refractivity (Wildman–Crippen MR) is 67.1 cm³/mol. The normalized spacial score (nSPS) is 18.2. The average molecular weight is 303 g/mol. The van der Waals surface area contributed by atoms with Crippen LogP contribution >= 0.6 is 0 Å². The molecule has 1 fully saturated rings. The predicted octanol–water partition coefficient (Wildman–Crippen LogP) is 2.72. The molecule has 1 unspecified atom stereocenters. The zero-order valence-electron chi connectivity index (χ0n) is 11.0. The van der Waals surface area contributed by atoms with Crippen molar-refractivity contribution in [1.29, 1.82) is 0 Å². The lowest BCUT2D eigenvalue weighted by Crippen LogP contribution is -2.22. The fourth-order valence-electron chi connectivity index (χ4n) is 1.87. The number of halogens is 4. The highest BCUT2D eigenvalue weighted by molar-refractivity contribution is 5.58. The molecule has 0 bridgehead atoms. The second-order valence-corrected chi connectivity index (χ2v) is 4.45. The molecule has 1 aromatic rings. The molecule has 0 saturated carbocycles. The van der Waals surface area contributed by atoms with Crippen molar-refractivity contribution in [3.63, 3.8) is 0 Å². The molecule has 1 atom stereocenters. The van der Waals surface area contributed by atoms with Gasteiger partial charge < -0.3 is 15.2 Å². The first-order valence-corrected chi connectivity index (χ1v) is 6.36. The molecule has 0 aliphatic carbocycles. The molecule has 3 nitrogen and oxygen atoms in total. The molecule has 1 heterocycles. The summed E-state index contributed by atoms with van der Waals surface area (Å²) in [5.74, 6) is -2.64. The number of hydrogen-bond donors (Lipinski definition) is 1. The summed E-state index contributed by atoms with van der Waals surface area (Å²) < 4.78 is 63.2. The van der Waals surface area contributed by atoms with Crippen molar-refractivity contribution in [2.24, 2.45) is 0 Å². The Morgan fingerprint density at radius 3 is 2.48 bits per heavy atom. The van der Waals surface area contributed by atoms with Crippen molar-refractivity contribution >= 4 is 5.69 Å². The minimum Gasteiger partial charge on any atom is -0.395 e. The minimum absolute atomic E-state index is 0.121. The first kappa shape index (κ1) is 15.6. The van der Waals surface area contributed by atoms with Gasteiger partial charge in [-0.15, -0.1) is 0 Å². The molecule has 21 heavy (non-hydrogen) atoms. The SMILES string of the molecule is Nc1c(F)c(F)c(F)c(F)c1C#CCOC1CCCCO1. The summed E-state index contributed by atoms with van der Waals surface area (Å²) in [6.07, 6.45) is 2.25. The molecule has 7 heteroatoms. The van der Waals surface area contributed by atoms with E-state index in [1.165, 1.54) is 0 Å². The van der Waals surface area contributed by atoms with Crippen LogP contribution < -0.4 is 5.73 Å². The summed E-state index contributed by atoms with van der Waals surface area (Å²) in [6.45, 7) is 0.470. The lowest BCUT2D eigenvalue weighted by Gasteiger charge is -2.21. The molecule has 0 amide bonds. The third-order valence-electron chi connectivity index (χ3n) is 3.00. The number of anilines is 1. The van der Waals surface area contributed by atoms with Crippen molar-refractivity contribution < 1.29 is 27.0 Å². The van der Waals surface area contributed by atoms with Crippen molar-refractivity contribution in [3.8, 4) is 11.8 Å². The maximum atomic E-state index is 13.5. The first-order chi connectivity index (χ1) is 10.0. The highest BCUT2D eigenvalue weighted by atomic mass is 19.2. The van der Waals surface area contributed by atoms with Gasteiger partial charge in [0.25, 0.3) is 0 Å². The van der Waals surface area contributed by atoms with Gasteiger partial charge in [-0.25, -0.2) is 17.6 Å². The van der Waals surface area contributed by atoms with Gasteiger partial charge in [0.15, 0.2) is 29.6 Å². The van der Waals surface area contributed by atoms with Crippen LogP contribution in [0, 0.1) is 35.1 Å². The number of ether oxygens (including phenoxy) is 2. The Morgan fingerprint density at radius 2 is 1.81 bits per heavy atom. The van der Waals surface area contributed by atoms with E-state index >= 15 is 0 Å². The van der Waals surface area contributed by atoms with Gasteiger partial charge in [-0.3, -0.25) is 0 Å². The molecular weight excluding hydrogens is 290 g/mol. The van der Waals surface area contributed by atoms with Crippen LogP contribution in [-0.2, 0) is 9.47 Å². The molecule has 1 aliphatic rings. The van der Waals surface area contributed by atoms with Gasteiger partial charge in [-0.2, -0.15) is 0 Å². The topological polar surface area (TPSA) is 44.5 Å². The standard InChI is InChI=1S/C14H13F4NO2/c15-10-8(14(19)13(18)12(17)11(10)16)4-3-7-21-9-5-1-2-6-20-9/h9H,1-2,5-7,19H2. The fraction of sp³-hybridized carbons (Fsp3) is 0.429. The second kappa shape index (κ2) is 6.78. The molecule has 0 spiro atoms. The third-order valence-corrected chi connectivity index (χ3v) is 3.00. The summed E-state index contributed by atoms with van der Waals surface area (Å²) in [7, 11) is 0. The lowest BCUT2D eigenvalue weighted by molar-refractivity contribution is -0.154. The second-order valence-electron chi connectivity index (χ2n) is 4.45. The zero-order chi connectivity index (χ0) is 15.4. The summed E-state index contributed by atoms with van der Waals surface area (Å²) in [5.41, 5.74) is 3.60. The lowest BCUT2D eigenvalue weighted by atomic mass is 10.1.